The topological polar surface area (TPSA) is 53.7 Å². The Morgan fingerprint density at radius 3 is 2.72 bits per heavy atom. The third-order valence-corrected chi connectivity index (χ3v) is 2.65. The smallest absolute Gasteiger partial charge is 0.264 e. The number of benzene rings is 1. The van der Waals surface area contributed by atoms with Crippen LogP contribution in [0.2, 0.25) is 0 Å². The average molecular weight is 259 g/mol. The van der Waals surface area contributed by atoms with Gasteiger partial charge < -0.3 is 19.9 Å². The molecular weight excluding hydrogens is 244 g/mol. The summed E-state index contributed by atoms with van der Waals surface area (Å²) in [7, 11) is 1.46. The van der Waals surface area contributed by atoms with Crippen LogP contribution in [-0.2, 0) is 6.42 Å². The molecule has 0 saturated heterocycles. The van der Waals surface area contributed by atoms with Gasteiger partial charge in [-0.05, 0) is 17.7 Å². The van der Waals surface area contributed by atoms with Crippen LogP contribution < -0.4 is 19.9 Å². The molecule has 1 aromatic carbocycles. The van der Waals surface area contributed by atoms with E-state index >= 15 is 0 Å². The van der Waals surface area contributed by atoms with Gasteiger partial charge in [0.15, 0.2) is 11.5 Å². The molecule has 0 aromatic heterocycles. The van der Waals surface area contributed by atoms with Crippen LogP contribution in [0.15, 0.2) is 12.1 Å². The van der Waals surface area contributed by atoms with Crippen molar-refractivity contribution in [1.29, 1.82) is 0 Å². The summed E-state index contributed by atoms with van der Waals surface area (Å²) in [6, 6.07) is 3.07. The number of ether oxygens (including phenoxy) is 3. The van der Waals surface area contributed by atoms with E-state index in [1.807, 2.05) is 0 Å². The minimum Gasteiger partial charge on any atom is -0.493 e. The van der Waals surface area contributed by atoms with Gasteiger partial charge in [-0.25, -0.2) is 8.78 Å². The van der Waals surface area contributed by atoms with Crippen molar-refractivity contribution in [3.8, 4) is 17.2 Å². The van der Waals surface area contributed by atoms with Crippen LogP contribution in [0, 0.1) is 0 Å². The maximum atomic E-state index is 13.3. The first-order valence-corrected chi connectivity index (χ1v) is 5.60. The number of nitrogens with two attached hydrogens (primary N) is 1. The van der Waals surface area contributed by atoms with Gasteiger partial charge in [-0.15, -0.1) is 0 Å². The Kier molecular flexibility index (Phi) is 3.56. The van der Waals surface area contributed by atoms with Gasteiger partial charge in [0.05, 0.1) is 13.7 Å². The van der Waals surface area contributed by atoms with Gasteiger partial charge in [0.25, 0.3) is 5.92 Å². The highest BCUT2D eigenvalue weighted by atomic mass is 19.3. The van der Waals surface area contributed by atoms with Gasteiger partial charge >= 0.3 is 0 Å². The second-order valence-corrected chi connectivity index (χ2v) is 4.06. The average Bonchev–Trinajstić information content (AvgIpc) is 2.37. The van der Waals surface area contributed by atoms with Gasteiger partial charge in [0, 0.05) is 6.42 Å². The van der Waals surface area contributed by atoms with Crippen molar-refractivity contribution in [2.75, 3.05) is 26.9 Å². The Labute approximate surface area is 104 Å². The second kappa shape index (κ2) is 4.97. The molecule has 0 amide bonds. The predicted octanol–water partition coefficient (Wildman–Crippen LogP) is 1.60. The largest absolute Gasteiger partial charge is 0.493 e. The molecule has 1 aliphatic heterocycles. The fourth-order valence-electron chi connectivity index (χ4n) is 1.80. The highest BCUT2D eigenvalue weighted by molar-refractivity contribution is 5.54. The highest BCUT2D eigenvalue weighted by Crippen LogP contribution is 2.41. The molecule has 2 rings (SSSR count). The third kappa shape index (κ3) is 2.64. The number of hydrogen-bond donors (Lipinski definition) is 1. The summed E-state index contributed by atoms with van der Waals surface area (Å²) < 4.78 is 42.4. The summed E-state index contributed by atoms with van der Waals surface area (Å²) >= 11 is 0. The van der Waals surface area contributed by atoms with E-state index in [2.05, 4.69) is 0 Å². The Hall–Kier alpha value is -1.56. The lowest BCUT2D eigenvalue weighted by molar-refractivity contribution is 0.0113. The van der Waals surface area contributed by atoms with E-state index in [4.69, 9.17) is 19.9 Å². The van der Waals surface area contributed by atoms with Crippen LogP contribution in [-0.4, -0.2) is 32.8 Å². The van der Waals surface area contributed by atoms with Gasteiger partial charge in [-0.1, -0.05) is 0 Å². The van der Waals surface area contributed by atoms with Crippen LogP contribution >= 0.6 is 0 Å². The lowest BCUT2D eigenvalue weighted by Gasteiger charge is -2.22. The number of hydrogen-bond acceptors (Lipinski definition) is 4. The first-order chi connectivity index (χ1) is 8.55. The van der Waals surface area contributed by atoms with E-state index in [0.717, 1.165) is 0 Å². The molecule has 18 heavy (non-hydrogen) atoms. The van der Waals surface area contributed by atoms with E-state index < -0.39 is 18.9 Å². The molecule has 1 aromatic rings. The third-order valence-electron chi connectivity index (χ3n) is 2.65. The summed E-state index contributed by atoms with van der Waals surface area (Å²) in [5.41, 5.74) is 5.43. The molecule has 0 atom stereocenters. The number of alkyl halides is 2. The van der Waals surface area contributed by atoms with Crippen molar-refractivity contribution in [1.82, 2.24) is 0 Å². The quantitative estimate of drug-likeness (QED) is 0.892. The minimum atomic E-state index is -2.94. The van der Waals surface area contributed by atoms with Crippen LogP contribution in [0.25, 0.3) is 0 Å². The fourth-order valence-corrected chi connectivity index (χ4v) is 1.80. The fraction of sp³-hybridized carbons (Fsp3) is 0.500. The Morgan fingerprint density at radius 1 is 1.33 bits per heavy atom. The normalized spacial score (nSPS) is 14.4. The summed E-state index contributed by atoms with van der Waals surface area (Å²) in [6.45, 7) is 0.123. The standard InChI is InChI=1S/C12H15F2NO3/c1-16-9-4-8(6-12(13,14)7-15)5-10-11(9)18-3-2-17-10/h4-5H,2-3,6-7,15H2,1H3. The first kappa shape index (κ1) is 12.9. The molecule has 6 heteroatoms. The summed E-state index contributed by atoms with van der Waals surface area (Å²) in [6.07, 6.45) is -0.448. The maximum absolute atomic E-state index is 13.3. The number of fused-ring (bicyclic) bond motifs is 1. The van der Waals surface area contributed by atoms with Crippen LogP contribution in [0.5, 0.6) is 17.2 Å². The Balaban J connectivity index is 2.32. The molecule has 100 valence electrons. The molecule has 0 spiro atoms. The maximum Gasteiger partial charge on any atom is 0.264 e. The molecule has 0 radical (unpaired) electrons. The first-order valence-electron chi connectivity index (χ1n) is 5.60. The molecule has 0 bridgehead atoms. The zero-order valence-corrected chi connectivity index (χ0v) is 10.0. The number of rotatable bonds is 4. The summed E-state index contributed by atoms with van der Waals surface area (Å²) in [5, 5.41) is 0. The number of methoxy groups -OCH3 is 1. The lowest BCUT2D eigenvalue weighted by atomic mass is 10.1. The van der Waals surface area contributed by atoms with Crippen molar-refractivity contribution in [3.05, 3.63) is 17.7 Å². The van der Waals surface area contributed by atoms with Crippen molar-refractivity contribution in [2.45, 2.75) is 12.3 Å². The van der Waals surface area contributed by atoms with E-state index in [1.54, 1.807) is 6.07 Å². The Morgan fingerprint density at radius 2 is 2.06 bits per heavy atom. The predicted molar refractivity (Wildman–Crippen MR) is 61.7 cm³/mol. The summed E-state index contributed by atoms with van der Waals surface area (Å²) in [5.74, 6) is -1.64. The SMILES string of the molecule is COc1cc(CC(F)(F)CN)cc2c1OCCO2. The van der Waals surface area contributed by atoms with Crippen LogP contribution in [0.1, 0.15) is 5.56 Å². The molecular formula is C12H15F2NO3. The summed E-state index contributed by atoms with van der Waals surface area (Å²) in [4.78, 5) is 0. The minimum absolute atomic E-state index is 0.396. The van der Waals surface area contributed by atoms with Crippen molar-refractivity contribution >= 4 is 0 Å². The molecule has 2 N–H and O–H groups in total. The van der Waals surface area contributed by atoms with Gasteiger partial charge in [-0.3, -0.25) is 0 Å². The van der Waals surface area contributed by atoms with Crippen LogP contribution in [0.3, 0.4) is 0 Å². The highest BCUT2D eigenvalue weighted by Gasteiger charge is 2.29. The lowest BCUT2D eigenvalue weighted by Crippen LogP contribution is -2.30. The van der Waals surface area contributed by atoms with Crippen molar-refractivity contribution in [3.63, 3.8) is 0 Å². The van der Waals surface area contributed by atoms with Crippen LogP contribution in [0.4, 0.5) is 8.78 Å². The van der Waals surface area contributed by atoms with Gasteiger partial charge in [0.2, 0.25) is 5.75 Å². The van der Waals surface area contributed by atoms with Crippen molar-refractivity contribution in [2.24, 2.45) is 5.73 Å². The van der Waals surface area contributed by atoms with Gasteiger partial charge in [-0.2, -0.15) is 0 Å². The second-order valence-electron chi connectivity index (χ2n) is 4.06. The monoisotopic (exact) mass is 259 g/mol. The zero-order chi connectivity index (χ0) is 13.2. The van der Waals surface area contributed by atoms with E-state index in [-0.39, 0.29) is 0 Å². The molecule has 1 heterocycles. The van der Waals surface area contributed by atoms with E-state index in [1.165, 1.54) is 13.2 Å². The molecule has 0 aliphatic carbocycles. The van der Waals surface area contributed by atoms with Crippen molar-refractivity contribution < 1.29 is 23.0 Å². The zero-order valence-electron chi connectivity index (χ0n) is 10.0. The molecule has 0 unspecified atom stereocenters. The van der Waals surface area contributed by atoms with E-state index in [0.29, 0.717) is 36.0 Å². The molecule has 1 aliphatic rings. The molecule has 4 nitrogen and oxygen atoms in total. The molecule has 0 saturated carbocycles. The van der Waals surface area contributed by atoms with Gasteiger partial charge in [0.1, 0.15) is 13.2 Å². The van der Waals surface area contributed by atoms with E-state index in [9.17, 15) is 8.78 Å². The number of halogens is 2. The Bertz CT molecular complexity index is 420. The molecule has 0 fully saturated rings.